The molecular weight excluding hydrogens is 254 g/mol. The molecule has 6 heteroatoms. The number of hydrogen-bond acceptors (Lipinski definition) is 5. The van der Waals surface area contributed by atoms with Crippen LogP contribution in [0.5, 0.6) is 11.5 Å². The van der Waals surface area contributed by atoms with Gasteiger partial charge in [-0.05, 0) is 12.1 Å². The van der Waals surface area contributed by atoms with Gasteiger partial charge in [0.1, 0.15) is 0 Å². The van der Waals surface area contributed by atoms with Gasteiger partial charge in [-0.25, -0.2) is 8.42 Å². The third-order valence-electron chi connectivity index (χ3n) is 2.45. The zero-order valence-corrected chi connectivity index (χ0v) is 10.1. The highest BCUT2D eigenvalue weighted by atomic mass is 32.2. The Balaban J connectivity index is 2.66. The van der Waals surface area contributed by atoms with Gasteiger partial charge in [-0.3, -0.25) is 0 Å². The molecule has 0 aliphatic carbocycles. The van der Waals surface area contributed by atoms with Crippen LogP contribution in [0.4, 0.5) is 5.69 Å². The summed E-state index contributed by atoms with van der Waals surface area (Å²) >= 11 is 0. The molecule has 0 aliphatic heterocycles. The first-order valence-corrected chi connectivity index (χ1v) is 6.53. The van der Waals surface area contributed by atoms with Gasteiger partial charge in [-0.15, -0.1) is 0 Å². The lowest BCUT2D eigenvalue weighted by Gasteiger charge is -2.09. The molecular formula is C12H11NO4S. The van der Waals surface area contributed by atoms with E-state index >= 15 is 0 Å². The number of sulfone groups is 1. The maximum atomic E-state index is 12.2. The summed E-state index contributed by atoms with van der Waals surface area (Å²) in [4.78, 5) is -0.161. The average molecular weight is 265 g/mol. The van der Waals surface area contributed by atoms with Gasteiger partial charge >= 0.3 is 0 Å². The Morgan fingerprint density at radius 3 is 2.11 bits per heavy atom. The molecule has 4 N–H and O–H groups in total. The van der Waals surface area contributed by atoms with Crippen molar-refractivity contribution in [2.75, 3.05) is 5.73 Å². The molecule has 5 nitrogen and oxygen atoms in total. The summed E-state index contributed by atoms with van der Waals surface area (Å²) in [6.45, 7) is 0. The van der Waals surface area contributed by atoms with Crippen LogP contribution in [0.15, 0.2) is 52.3 Å². The van der Waals surface area contributed by atoms with Crippen molar-refractivity contribution in [1.29, 1.82) is 0 Å². The third kappa shape index (κ3) is 1.98. The van der Waals surface area contributed by atoms with E-state index < -0.39 is 21.3 Å². The van der Waals surface area contributed by atoms with E-state index in [2.05, 4.69) is 0 Å². The fourth-order valence-electron chi connectivity index (χ4n) is 1.53. The Morgan fingerprint density at radius 2 is 1.50 bits per heavy atom. The predicted molar refractivity (Wildman–Crippen MR) is 66.1 cm³/mol. The summed E-state index contributed by atoms with van der Waals surface area (Å²) in [6, 6.07) is 9.67. The van der Waals surface area contributed by atoms with Crippen LogP contribution < -0.4 is 5.73 Å². The van der Waals surface area contributed by atoms with E-state index in [9.17, 15) is 18.6 Å². The fraction of sp³-hybridized carbons (Fsp3) is 0. The fourth-order valence-corrected chi connectivity index (χ4v) is 2.94. The zero-order chi connectivity index (χ0) is 13.3. The van der Waals surface area contributed by atoms with E-state index in [1.807, 2.05) is 0 Å². The van der Waals surface area contributed by atoms with Crippen molar-refractivity contribution < 1.29 is 18.6 Å². The molecule has 0 saturated heterocycles. The second-order valence-corrected chi connectivity index (χ2v) is 5.61. The van der Waals surface area contributed by atoms with E-state index in [1.165, 1.54) is 12.1 Å². The minimum absolute atomic E-state index is 0.0711. The molecule has 94 valence electrons. The van der Waals surface area contributed by atoms with Crippen molar-refractivity contribution in [3.05, 3.63) is 42.5 Å². The van der Waals surface area contributed by atoms with Crippen LogP contribution in [0.25, 0.3) is 0 Å². The molecule has 0 bridgehead atoms. The van der Waals surface area contributed by atoms with Crippen molar-refractivity contribution in [2.45, 2.75) is 9.79 Å². The normalized spacial score (nSPS) is 11.3. The number of rotatable bonds is 2. The van der Waals surface area contributed by atoms with Gasteiger partial charge in [0, 0.05) is 12.1 Å². The molecule has 0 saturated carbocycles. The van der Waals surface area contributed by atoms with Crippen LogP contribution in [0.1, 0.15) is 0 Å². The number of phenols is 2. The number of anilines is 1. The maximum Gasteiger partial charge on any atom is 0.208 e. The second-order valence-electron chi connectivity index (χ2n) is 3.70. The van der Waals surface area contributed by atoms with Crippen LogP contribution in [-0.2, 0) is 9.84 Å². The Morgan fingerprint density at radius 1 is 0.944 bits per heavy atom. The van der Waals surface area contributed by atoms with Crippen LogP contribution in [0, 0.1) is 0 Å². The molecule has 2 rings (SSSR count). The zero-order valence-electron chi connectivity index (χ0n) is 9.24. The van der Waals surface area contributed by atoms with Crippen LogP contribution in [0.2, 0.25) is 0 Å². The summed E-state index contributed by atoms with van der Waals surface area (Å²) in [6.07, 6.45) is 0. The summed E-state index contributed by atoms with van der Waals surface area (Å²) in [7, 11) is -3.81. The van der Waals surface area contributed by atoms with Crippen LogP contribution >= 0.6 is 0 Å². The largest absolute Gasteiger partial charge is 0.504 e. The number of aromatic hydroxyl groups is 2. The predicted octanol–water partition coefficient (Wildman–Crippen LogP) is 1.51. The quantitative estimate of drug-likeness (QED) is 0.434. The summed E-state index contributed by atoms with van der Waals surface area (Å²) in [5.41, 5.74) is 5.45. The van der Waals surface area contributed by atoms with Gasteiger partial charge in [0.05, 0.1) is 15.5 Å². The van der Waals surface area contributed by atoms with Crippen LogP contribution in [0.3, 0.4) is 0 Å². The summed E-state index contributed by atoms with van der Waals surface area (Å²) in [5, 5.41) is 18.6. The Kier molecular flexibility index (Phi) is 2.88. The molecule has 0 atom stereocenters. The summed E-state index contributed by atoms with van der Waals surface area (Å²) < 4.78 is 24.5. The summed E-state index contributed by atoms with van der Waals surface area (Å²) in [5.74, 6) is -0.988. The van der Waals surface area contributed by atoms with Gasteiger partial charge in [0.25, 0.3) is 0 Å². The molecule has 0 unspecified atom stereocenters. The van der Waals surface area contributed by atoms with Crippen LogP contribution in [-0.4, -0.2) is 18.6 Å². The van der Waals surface area contributed by atoms with E-state index in [0.717, 1.165) is 12.1 Å². The van der Waals surface area contributed by atoms with Crippen molar-refractivity contribution in [2.24, 2.45) is 0 Å². The molecule has 18 heavy (non-hydrogen) atoms. The van der Waals surface area contributed by atoms with E-state index in [1.54, 1.807) is 18.2 Å². The number of nitrogens with two attached hydrogens (primary N) is 1. The molecule has 0 heterocycles. The van der Waals surface area contributed by atoms with Gasteiger partial charge in [-0.2, -0.15) is 0 Å². The molecule has 0 amide bonds. The Hall–Kier alpha value is -2.21. The van der Waals surface area contributed by atoms with Crippen molar-refractivity contribution in [3.8, 4) is 11.5 Å². The monoisotopic (exact) mass is 265 g/mol. The first-order chi connectivity index (χ1) is 8.43. The smallest absolute Gasteiger partial charge is 0.208 e. The van der Waals surface area contributed by atoms with Gasteiger partial charge in [0.2, 0.25) is 9.84 Å². The van der Waals surface area contributed by atoms with Crippen molar-refractivity contribution in [1.82, 2.24) is 0 Å². The molecule has 0 fully saturated rings. The lowest BCUT2D eigenvalue weighted by Crippen LogP contribution is -2.05. The highest BCUT2D eigenvalue weighted by Crippen LogP contribution is 2.34. The van der Waals surface area contributed by atoms with Gasteiger partial charge in [-0.1, -0.05) is 18.2 Å². The maximum absolute atomic E-state index is 12.2. The highest BCUT2D eigenvalue weighted by molar-refractivity contribution is 7.91. The Labute approximate surface area is 104 Å². The molecule has 0 aliphatic rings. The molecule has 0 radical (unpaired) electrons. The molecule has 0 aromatic heterocycles. The molecule has 0 spiro atoms. The van der Waals surface area contributed by atoms with E-state index in [4.69, 9.17) is 5.73 Å². The Bertz CT molecular complexity index is 681. The number of nitrogen functional groups attached to an aromatic ring is 1. The minimum Gasteiger partial charge on any atom is -0.504 e. The van der Waals surface area contributed by atoms with Crippen molar-refractivity contribution in [3.63, 3.8) is 0 Å². The number of benzene rings is 2. The minimum atomic E-state index is -3.81. The standard InChI is InChI=1S/C12H11NO4S/c13-9-6-10(14)11(15)7-12(9)18(16,17)8-4-2-1-3-5-8/h1-7,14-15H,13H2. The first kappa shape index (κ1) is 12.3. The van der Waals surface area contributed by atoms with Crippen molar-refractivity contribution >= 4 is 15.5 Å². The SMILES string of the molecule is Nc1cc(O)c(O)cc1S(=O)(=O)c1ccccc1. The number of hydrogen-bond donors (Lipinski definition) is 3. The molecule has 2 aromatic rings. The molecule has 2 aromatic carbocycles. The average Bonchev–Trinajstić information content (AvgIpc) is 2.34. The van der Waals surface area contributed by atoms with E-state index in [0.29, 0.717) is 0 Å². The van der Waals surface area contributed by atoms with Gasteiger partial charge in [0.15, 0.2) is 11.5 Å². The van der Waals surface area contributed by atoms with E-state index in [-0.39, 0.29) is 15.5 Å². The lowest BCUT2D eigenvalue weighted by atomic mass is 10.3. The first-order valence-electron chi connectivity index (χ1n) is 5.04. The topological polar surface area (TPSA) is 101 Å². The lowest BCUT2D eigenvalue weighted by molar-refractivity contribution is 0.402. The van der Waals surface area contributed by atoms with Gasteiger partial charge < -0.3 is 15.9 Å². The second kappa shape index (κ2) is 4.23. The third-order valence-corrected chi connectivity index (χ3v) is 4.28. The number of phenolic OH excluding ortho intramolecular Hbond substituents is 2. The highest BCUT2D eigenvalue weighted by Gasteiger charge is 2.22.